The Bertz CT molecular complexity index is 3790. The number of primary amides is 1. The van der Waals surface area contributed by atoms with Gasteiger partial charge in [0.25, 0.3) is 0 Å². The van der Waals surface area contributed by atoms with Crippen molar-refractivity contribution in [3.8, 4) is 0 Å². The fourth-order valence-electron chi connectivity index (χ4n) is 12.9. The van der Waals surface area contributed by atoms with Crippen LogP contribution in [0.3, 0.4) is 0 Å². The van der Waals surface area contributed by atoms with Gasteiger partial charge in [-0.2, -0.15) is 11.8 Å². The summed E-state index contributed by atoms with van der Waals surface area (Å²) in [4.78, 5) is 283. The molecule has 1 heterocycles. The number of carbonyl (C=O) groups excluding carboxylic acids is 19. The van der Waals surface area contributed by atoms with Gasteiger partial charge >= 0.3 is 11.9 Å². The van der Waals surface area contributed by atoms with Gasteiger partial charge in [0.1, 0.15) is 84.6 Å². The van der Waals surface area contributed by atoms with E-state index >= 15 is 0 Å². The summed E-state index contributed by atoms with van der Waals surface area (Å²) in [6.45, 7) is 11.2. The second-order valence-electron chi connectivity index (χ2n) is 32.6. The minimum Gasteiger partial charge on any atom is -0.481 e. The van der Waals surface area contributed by atoms with Gasteiger partial charge in [-0.15, -0.1) is 0 Å². The smallest absolute Gasteiger partial charge is 0.326 e. The van der Waals surface area contributed by atoms with Gasteiger partial charge < -0.3 is 149 Å². The third-order valence-corrected chi connectivity index (χ3v) is 21.3. The first-order chi connectivity index (χ1) is 61.1. The molecule has 1 saturated heterocycles. The minimum absolute atomic E-state index is 0.00340. The van der Waals surface area contributed by atoms with Crippen LogP contribution in [0.4, 0.5) is 0 Å². The molecule has 130 heavy (non-hydrogen) atoms. The van der Waals surface area contributed by atoms with Gasteiger partial charge in [0.05, 0.1) is 51.0 Å². The number of carboxylic acid groups (broad SMARTS) is 2. The van der Waals surface area contributed by atoms with Crippen molar-refractivity contribution in [2.45, 2.75) is 288 Å². The topological polar surface area (TPSA) is 797 Å². The van der Waals surface area contributed by atoms with Crippen LogP contribution in [-0.2, 0) is 101 Å². The molecular weight excluding hydrogens is 1730 g/mol. The lowest BCUT2D eigenvalue weighted by molar-refractivity contribution is -0.143. The number of carboxylic acids is 2. The van der Waals surface area contributed by atoms with Gasteiger partial charge in [-0.05, 0) is 173 Å². The normalized spacial score (nSPS) is 16.3. The number of aliphatic carboxylic acids is 2. The highest BCUT2D eigenvalue weighted by Crippen LogP contribution is 2.23. The van der Waals surface area contributed by atoms with Crippen LogP contribution in [0.1, 0.15) is 185 Å². The standard InChI is InChI=1S/C80H141N23O26S/c1-12-42(6)63(99-59(110)36-86-57(108)35-88-68(116)47(20-13-16-29-81)95-77(125)65(46(10)106)102-75(123)62(41(4)5)101-78(126)64(45(9)105)100-60(111)38-87-67(115)44(8)90-66(114)43(7)84)76(124)96-51(28-33-130-11)72(120)97-53(34-40(2)3)79(127)103-32-19-23-55(103)74(122)94-50(25-27-61(112)113)71(119)92-48(21-14-17-30-82)70(118)98-54(39-104)73(121)93-49(24-26-56(85)107)69(117)89-37-58(109)91-52(80(128)129)22-15-18-31-83/h40-55,62-65,104-106H,12-39,81-84H2,1-11H3,(H2,85,107)(H,86,108)(H,87,115)(H,88,116)(H,89,117)(H,90,114)(H,91,109)(H,92,119)(H,93,121)(H,94,122)(H,95,125)(H,96,124)(H,97,120)(H,98,118)(H,99,110)(H,100,111)(H,101,126)(H,102,123)(H,112,113)(H,128,129)/t42-,43-,44-,45+,46+,47-,48-,49-,50-,51-,52-,53-,54-,55-,62-,63-,64-,65-/m0/s1. The van der Waals surface area contributed by atoms with Crippen molar-refractivity contribution >= 4 is 136 Å². The molecule has 0 aromatic heterocycles. The Balaban J connectivity index is 3.38. The lowest BCUT2D eigenvalue weighted by Crippen LogP contribution is -2.62. The maximum atomic E-state index is 14.8. The molecular formula is C80H141N23O26S. The van der Waals surface area contributed by atoms with Gasteiger partial charge in [-0.1, -0.05) is 48.0 Å². The van der Waals surface area contributed by atoms with Crippen LogP contribution in [0.2, 0.25) is 0 Å². The lowest BCUT2D eigenvalue weighted by Gasteiger charge is -2.32. The predicted octanol–water partition coefficient (Wildman–Crippen LogP) is -10.0. The van der Waals surface area contributed by atoms with Crippen LogP contribution < -0.4 is 119 Å². The van der Waals surface area contributed by atoms with Crippen molar-refractivity contribution in [2.75, 3.05) is 71.0 Å². The van der Waals surface area contributed by atoms with Crippen molar-refractivity contribution in [1.82, 2.24) is 95.3 Å². The predicted molar refractivity (Wildman–Crippen MR) is 470 cm³/mol. The third kappa shape index (κ3) is 44.5. The molecule has 0 aliphatic carbocycles. The number of aliphatic hydroxyl groups is 3. The molecule has 49 nitrogen and oxygen atoms in total. The molecule has 1 aliphatic heterocycles. The first-order valence-electron chi connectivity index (χ1n) is 43.5. The van der Waals surface area contributed by atoms with Crippen molar-refractivity contribution in [1.29, 1.82) is 0 Å². The van der Waals surface area contributed by atoms with E-state index in [4.69, 9.17) is 28.7 Å². The highest BCUT2D eigenvalue weighted by Gasteiger charge is 2.43. The fraction of sp³-hybridized carbons (Fsp3) is 0.738. The van der Waals surface area contributed by atoms with Gasteiger partial charge in [-0.25, -0.2) is 4.79 Å². The number of amides is 19. The van der Waals surface area contributed by atoms with Crippen LogP contribution in [0.15, 0.2) is 0 Å². The number of nitrogens with one attached hydrogen (secondary N) is 17. The van der Waals surface area contributed by atoms with Gasteiger partial charge in [0, 0.05) is 19.4 Å². The van der Waals surface area contributed by atoms with Gasteiger partial charge in [0.2, 0.25) is 112 Å². The van der Waals surface area contributed by atoms with E-state index in [9.17, 15) is 126 Å². The van der Waals surface area contributed by atoms with Crippen LogP contribution in [-0.4, -0.2) is 328 Å². The van der Waals surface area contributed by atoms with Gasteiger partial charge in [0.15, 0.2) is 0 Å². The summed E-state index contributed by atoms with van der Waals surface area (Å²) in [7, 11) is 0. The Morgan fingerprint density at radius 2 is 0.815 bits per heavy atom. The number of hydrogen-bond acceptors (Lipinski definition) is 29. The first-order valence-corrected chi connectivity index (χ1v) is 44.9. The lowest BCUT2D eigenvalue weighted by atomic mass is 9.97. The molecule has 0 bridgehead atoms. The summed E-state index contributed by atoms with van der Waals surface area (Å²) in [6, 6.07) is -22.0. The summed E-state index contributed by atoms with van der Waals surface area (Å²) >= 11 is 1.31. The molecule has 1 fully saturated rings. The highest BCUT2D eigenvalue weighted by atomic mass is 32.2. The Morgan fingerprint density at radius 3 is 1.28 bits per heavy atom. The van der Waals surface area contributed by atoms with E-state index in [2.05, 4.69) is 90.4 Å². The number of aliphatic hydroxyl groups excluding tert-OH is 3. The molecule has 0 unspecified atom stereocenters. The van der Waals surface area contributed by atoms with E-state index in [0.717, 1.165) is 13.8 Å². The second kappa shape index (κ2) is 62.3. The molecule has 1 rings (SSSR count). The molecule has 0 saturated carbocycles. The number of carbonyl (C=O) groups is 21. The molecule has 32 N–H and O–H groups in total. The molecule has 738 valence electrons. The average molecular weight is 1870 g/mol. The molecule has 18 atom stereocenters. The maximum Gasteiger partial charge on any atom is 0.326 e. The van der Waals surface area contributed by atoms with E-state index in [0.29, 0.717) is 19.3 Å². The fourth-order valence-corrected chi connectivity index (χ4v) is 13.4. The summed E-state index contributed by atoms with van der Waals surface area (Å²) in [5, 5.41) is 91.9. The molecule has 0 spiro atoms. The van der Waals surface area contributed by atoms with Crippen LogP contribution in [0.25, 0.3) is 0 Å². The van der Waals surface area contributed by atoms with Crippen LogP contribution in [0, 0.1) is 17.8 Å². The summed E-state index contributed by atoms with van der Waals surface area (Å²) in [5.74, 6) is -22.2. The van der Waals surface area contributed by atoms with Crippen molar-refractivity contribution < 1.29 is 126 Å². The molecule has 50 heteroatoms. The van der Waals surface area contributed by atoms with Gasteiger partial charge in [-0.3, -0.25) is 95.9 Å². The Kier molecular flexibility index (Phi) is 56.0. The monoisotopic (exact) mass is 1870 g/mol. The van der Waals surface area contributed by atoms with E-state index in [-0.39, 0.29) is 108 Å². The number of likely N-dealkylation sites (tertiary alicyclic amines) is 1. The summed E-state index contributed by atoms with van der Waals surface area (Å²) in [6.07, 6.45) is -1.69. The SMILES string of the molecule is CC[C@H](C)[C@H](NC(=O)CNC(=O)CNC(=O)[C@H](CCCCN)NC(=O)[C@@H](NC(=O)[C@@H](NC(=O)[C@@H](NC(=O)CNC(=O)[C@H](C)NC(=O)[C@H](C)N)[C@@H](C)O)C(C)C)[C@@H](C)O)C(=O)N[C@@H](CCSC)C(=O)N[C@@H](CC(C)C)C(=O)N1CCC[C@H]1C(=O)N[C@@H](CCC(=O)O)C(=O)N[C@@H](CCCCN)C(=O)N[C@@H](CO)C(=O)N[C@@H](CCC(N)=O)C(=O)NCC(=O)N[C@@H](CCCCN)C(=O)O. The van der Waals surface area contributed by atoms with E-state index < -0.39 is 297 Å². The van der Waals surface area contributed by atoms with Crippen molar-refractivity contribution in [3.05, 3.63) is 0 Å². The second-order valence-corrected chi connectivity index (χ2v) is 33.6. The Hall–Kier alpha value is -11.1. The van der Waals surface area contributed by atoms with E-state index in [1.807, 2.05) is 0 Å². The zero-order valence-corrected chi connectivity index (χ0v) is 76.7. The number of rotatable bonds is 65. The van der Waals surface area contributed by atoms with E-state index in [1.54, 1.807) is 34.0 Å². The summed E-state index contributed by atoms with van der Waals surface area (Å²) in [5.41, 5.74) is 27.8. The molecule has 19 amide bonds. The molecule has 0 aromatic carbocycles. The number of nitrogens with zero attached hydrogens (tertiary/aromatic N) is 1. The number of hydrogen-bond donors (Lipinski definition) is 27. The number of unbranched alkanes of at least 4 members (excludes halogenated alkanes) is 3. The Morgan fingerprint density at radius 1 is 0.415 bits per heavy atom. The average Bonchev–Trinajstić information content (AvgIpc) is 1.62. The van der Waals surface area contributed by atoms with Crippen LogP contribution in [0.5, 0.6) is 0 Å². The number of thioether (sulfide) groups is 1. The highest BCUT2D eigenvalue weighted by molar-refractivity contribution is 7.98. The minimum atomic E-state index is -1.87. The molecule has 0 aromatic rings. The Labute approximate surface area is 759 Å². The summed E-state index contributed by atoms with van der Waals surface area (Å²) < 4.78 is 0. The molecule has 0 radical (unpaired) electrons. The largest absolute Gasteiger partial charge is 0.481 e. The first kappa shape index (κ1) is 117. The van der Waals surface area contributed by atoms with Crippen molar-refractivity contribution in [2.24, 2.45) is 46.4 Å². The number of nitrogens with two attached hydrogens (primary N) is 5. The molecule has 1 aliphatic rings. The quantitative estimate of drug-likeness (QED) is 0.0251. The maximum absolute atomic E-state index is 14.8. The zero-order chi connectivity index (χ0) is 98.8. The van der Waals surface area contributed by atoms with Crippen molar-refractivity contribution in [3.63, 3.8) is 0 Å². The van der Waals surface area contributed by atoms with E-state index in [1.165, 1.54) is 44.4 Å². The zero-order valence-electron chi connectivity index (χ0n) is 75.9. The van der Waals surface area contributed by atoms with Crippen LogP contribution >= 0.6 is 11.8 Å². The third-order valence-electron chi connectivity index (χ3n) is 20.6.